The number of carbonyl (C=O) groups is 1. The molecule has 3 aromatic rings. The second kappa shape index (κ2) is 8.86. The minimum Gasteiger partial charge on any atom is -0.376 e. The number of benzene rings is 3. The van der Waals surface area contributed by atoms with E-state index in [2.05, 4.69) is 54.0 Å². The molecular formula is C23H24N2O. The van der Waals surface area contributed by atoms with E-state index in [0.717, 1.165) is 12.1 Å². The number of nitrogens with one attached hydrogen (secondary N) is 2. The van der Waals surface area contributed by atoms with Crippen LogP contribution in [0.2, 0.25) is 0 Å². The molecule has 26 heavy (non-hydrogen) atoms. The monoisotopic (exact) mass is 344 g/mol. The second-order valence-electron chi connectivity index (χ2n) is 6.32. The Balaban J connectivity index is 1.44. The zero-order chi connectivity index (χ0) is 18.2. The minimum atomic E-state index is 0.00530. The third-order valence-electron chi connectivity index (χ3n) is 4.42. The number of aryl methyl sites for hydroxylation is 1. The van der Waals surface area contributed by atoms with E-state index in [-0.39, 0.29) is 12.5 Å². The first-order chi connectivity index (χ1) is 12.7. The Kier molecular flexibility index (Phi) is 6.05. The molecule has 0 radical (unpaired) electrons. The summed E-state index contributed by atoms with van der Waals surface area (Å²) in [5.74, 6) is 0.00530. The summed E-state index contributed by atoms with van der Waals surface area (Å²) in [6.45, 7) is 3.02. The van der Waals surface area contributed by atoms with Crippen molar-refractivity contribution in [1.29, 1.82) is 0 Å². The van der Waals surface area contributed by atoms with Gasteiger partial charge in [0.05, 0.1) is 6.54 Å². The van der Waals surface area contributed by atoms with Gasteiger partial charge in [-0.2, -0.15) is 0 Å². The normalized spacial score (nSPS) is 10.3. The molecule has 0 saturated carbocycles. The van der Waals surface area contributed by atoms with Gasteiger partial charge in [-0.1, -0.05) is 66.7 Å². The van der Waals surface area contributed by atoms with Crippen LogP contribution in [0.25, 0.3) is 11.1 Å². The number of rotatable bonds is 7. The maximum atomic E-state index is 12.0. The van der Waals surface area contributed by atoms with E-state index in [4.69, 9.17) is 0 Å². The molecule has 3 rings (SSSR count). The lowest BCUT2D eigenvalue weighted by molar-refractivity contribution is -0.119. The van der Waals surface area contributed by atoms with Gasteiger partial charge < -0.3 is 10.6 Å². The molecule has 0 saturated heterocycles. The van der Waals surface area contributed by atoms with Gasteiger partial charge in [-0.05, 0) is 47.7 Å². The van der Waals surface area contributed by atoms with Gasteiger partial charge in [0.2, 0.25) is 5.91 Å². The fraction of sp³-hybridized carbons (Fsp3) is 0.174. The van der Waals surface area contributed by atoms with Crippen molar-refractivity contribution < 1.29 is 4.79 Å². The summed E-state index contributed by atoms with van der Waals surface area (Å²) in [6.07, 6.45) is 0.851. The predicted molar refractivity (Wildman–Crippen MR) is 108 cm³/mol. The number of anilines is 1. The second-order valence-corrected chi connectivity index (χ2v) is 6.32. The fourth-order valence-corrected chi connectivity index (χ4v) is 2.88. The van der Waals surface area contributed by atoms with E-state index in [1.165, 1.54) is 22.3 Å². The van der Waals surface area contributed by atoms with Crippen molar-refractivity contribution in [3.63, 3.8) is 0 Å². The van der Waals surface area contributed by atoms with Crippen LogP contribution in [0.5, 0.6) is 0 Å². The number of hydrogen-bond acceptors (Lipinski definition) is 2. The average molecular weight is 344 g/mol. The van der Waals surface area contributed by atoms with Gasteiger partial charge in [-0.25, -0.2) is 0 Å². The lowest BCUT2D eigenvalue weighted by Crippen LogP contribution is -2.31. The van der Waals surface area contributed by atoms with Crippen LogP contribution < -0.4 is 10.6 Å². The van der Waals surface area contributed by atoms with Gasteiger partial charge in [0.25, 0.3) is 0 Å². The molecule has 0 atom stereocenters. The first kappa shape index (κ1) is 17.7. The Morgan fingerprint density at radius 2 is 1.46 bits per heavy atom. The molecule has 2 N–H and O–H groups in total. The Morgan fingerprint density at radius 3 is 2.19 bits per heavy atom. The Labute approximate surface area is 155 Å². The molecule has 0 unspecified atom stereocenters. The van der Waals surface area contributed by atoms with Gasteiger partial charge in [-0.3, -0.25) is 4.79 Å². The zero-order valence-electron chi connectivity index (χ0n) is 15.0. The van der Waals surface area contributed by atoms with Crippen molar-refractivity contribution in [1.82, 2.24) is 5.32 Å². The summed E-state index contributed by atoms with van der Waals surface area (Å²) in [7, 11) is 0. The molecule has 0 aliphatic carbocycles. The van der Waals surface area contributed by atoms with Crippen molar-refractivity contribution in [2.45, 2.75) is 13.3 Å². The molecule has 0 aromatic heterocycles. The Hall–Kier alpha value is -3.07. The summed E-state index contributed by atoms with van der Waals surface area (Å²) in [4.78, 5) is 12.0. The van der Waals surface area contributed by atoms with Crippen LogP contribution in [0.4, 0.5) is 5.69 Å². The number of amides is 1. The number of hydrogen-bond donors (Lipinski definition) is 2. The van der Waals surface area contributed by atoms with Crippen LogP contribution in [-0.2, 0) is 11.2 Å². The lowest BCUT2D eigenvalue weighted by Gasteiger charge is -2.10. The van der Waals surface area contributed by atoms with E-state index in [1.807, 2.05) is 42.5 Å². The summed E-state index contributed by atoms with van der Waals surface area (Å²) in [6, 6.07) is 26.6. The summed E-state index contributed by atoms with van der Waals surface area (Å²) >= 11 is 0. The zero-order valence-corrected chi connectivity index (χ0v) is 15.0. The van der Waals surface area contributed by atoms with E-state index in [1.54, 1.807) is 0 Å². The highest BCUT2D eigenvalue weighted by atomic mass is 16.1. The molecule has 3 heteroatoms. The predicted octanol–water partition coefficient (Wildman–Crippen LogP) is 4.43. The van der Waals surface area contributed by atoms with Gasteiger partial charge in [0.1, 0.15) is 0 Å². The largest absolute Gasteiger partial charge is 0.376 e. The van der Waals surface area contributed by atoms with Crippen LogP contribution >= 0.6 is 0 Å². The maximum Gasteiger partial charge on any atom is 0.239 e. The quantitative estimate of drug-likeness (QED) is 0.665. The first-order valence-corrected chi connectivity index (χ1v) is 8.93. The van der Waals surface area contributed by atoms with Crippen molar-refractivity contribution >= 4 is 11.6 Å². The SMILES string of the molecule is Cc1ccccc1CCNC(=O)CNc1ccc(-c2ccccc2)cc1. The van der Waals surface area contributed by atoms with Crippen LogP contribution in [0, 0.1) is 6.92 Å². The van der Waals surface area contributed by atoms with E-state index >= 15 is 0 Å². The highest BCUT2D eigenvalue weighted by Crippen LogP contribution is 2.20. The topological polar surface area (TPSA) is 41.1 Å². The van der Waals surface area contributed by atoms with Crippen LogP contribution in [-0.4, -0.2) is 19.0 Å². The standard InChI is InChI=1S/C23H24N2O/c1-18-7-5-6-8-19(18)15-16-24-23(26)17-25-22-13-11-21(12-14-22)20-9-3-2-4-10-20/h2-14,25H,15-17H2,1H3,(H,24,26). The average Bonchev–Trinajstić information content (AvgIpc) is 2.69. The molecule has 0 aliphatic rings. The molecule has 1 amide bonds. The van der Waals surface area contributed by atoms with Crippen molar-refractivity contribution in [2.24, 2.45) is 0 Å². The smallest absolute Gasteiger partial charge is 0.239 e. The minimum absolute atomic E-state index is 0.00530. The highest BCUT2D eigenvalue weighted by molar-refractivity contribution is 5.80. The molecule has 0 spiro atoms. The van der Waals surface area contributed by atoms with Crippen LogP contribution in [0.1, 0.15) is 11.1 Å². The van der Waals surface area contributed by atoms with Crippen molar-refractivity contribution in [2.75, 3.05) is 18.4 Å². The summed E-state index contributed by atoms with van der Waals surface area (Å²) < 4.78 is 0. The molecule has 0 fully saturated rings. The molecule has 0 bridgehead atoms. The maximum absolute atomic E-state index is 12.0. The molecule has 132 valence electrons. The first-order valence-electron chi connectivity index (χ1n) is 8.93. The van der Waals surface area contributed by atoms with Crippen molar-refractivity contribution in [3.05, 3.63) is 90.0 Å². The van der Waals surface area contributed by atoms with Gasteiger partial charge >= 0.3 is 0 Å². The van der Waals surface area contributed by atoms with E-state index in [0.29, 0.717) is 6.54 Å². The number of carbonyl (C=O) groups excluding carboxylic acids is 1. The van der Waals surface area contributed by atoms with Gasteiger partial charge in [-0.15, -0.1) is 0 Å². The Bertz CT molecular complexity index is 842. The molecule has 3 aromatic carbocycles. The fourth-order valence-electron chi connectivity index (χ4n) is 2.88. The molecule has 0 aliphatic heterocycles. The van der Waals surface area contributed by atoms with Crippen molar-refractivity contribution in [3.8, 4) is 11.1 Å². The molecule has 0 heterocycles. The van der Waals surface area contributed by atoms with Crippen LogP contribution in [0.15, 0.2) is 78.9 Å². The summed E-state index contributed by atoms with van der Waals surface area (Å²) in [5.41, 5.74) is 5.83. The molecular weight excluding hydrogens is 320 g/mol. The van der Waals surface area contributed by atoms with Crippen LogP contribution in [0.3, 0.4) is 0 Å². The Morgan fingerprint density at radius 1 is 0.808 bits per heavy atom. The third kappa shape index (κ3) is 4.96. The third-order valence-corrected chi connectivity index (χ3v) is 4.42. The van der Waals surface area contributed by atoms with Gasteiger partial charge in [0.15, 0.2) is 0 Å². The van der Waals surface area contributed by atoms with E-state index in [9.17, 15) is 4.79 Å². The lowest BCUT2D eigenvalue weighted by atomic mass is 10.1. The molecule has 3 nitrogen and oxygen atoms in total. The van der Waals surface area contributed by atoms with Gasteiger partial charge in [0, 0.05) is 12.2 Å². The van der Waals surface area contributed by atoms with E-state index < -0.39 is 0 Å². The highest BCUT2D eigenvalue weighted by Gasteiger charge is 2.03. The summed E-state index contributed by atoms with van der Waals surface area (Å²) in [5, 5.41) is 6.14.